The molecule has 1 aliphatic heterocycles. The van der Waals surface area contributed by atoms with Crippen LogP contribution in [0, 0.1) is 0 Å². The van der Waals surface area contributed by atoms with Gasteiger partial charge in [0, 0.05) is 38.8 Å². The Morgan fingerprint density at radius 1 is 1.38 bits per heavy atom. The fourth-order valence-electron chi connectivity index (χ4n) is 3.13. The fraction of sp³-hybridized carbons (Fsp3) is 0.562. The molecule has 0 saturated heterocycles. The smallest absolute Gasteiger partial charge is 0.358 e. The first kappa shape index (κ1) is 17.0. The van der Waals surface area contributed by atoms with Gasteiger partial charge in [0.05, 0.1) is 18.5 Å². The Hall–Kier alpha value is -1.86. The minimum atomic E-state index is -0.398. The average molecular weight is 352 g/mol. The van der Waals surface area contributed by atoms with Crippen LogP contribution in [0.5, 0.6) is 0 Å². The van der Waals surface area contributed by atoms with Gasteiger partial charge < -0.3 is 4.74 Å². The van der Waals surface area contributed by atoms with E-state index in [0.717, 1.165) is 56.0 Å². The summed E-state index contributed by atoms with van der Waals surface area (Å²) >= 11 is 6.41. The molecular formula is C16H22ClN5O2. The summed E-state index contributed by atoms with van der Waals surface area (Å²) in [5.41, 5.74) is 3.51. The number of nitrogens with zero attached hydrogens (tertiary/aromatic N) is 5. The second-order valence-electron chi connectivity index (χ2n) is 5.99. The molecule has 7 nitrogen and oxygen atoms in total. The van der Waals surface area contributed by atoms with Gasteiger partial charge in [0.25, 0.3) is 0 Å². The number of methoxy groups -OCH3 is 1. The highest BCUT2D eigenvalue weighted by Crippen LogP contribution is 2.24. The Kier molecular flexibility index (Phi) is 4.91. The van der Waals surface area contributed by atoms with E-state index in [1.54, 1.807) is 4.68 Å². The second-order valence-corrected chi connectivity index (χ2v) is 6.35. The van der Waals surface area contributed by atoms with Gasteiger partial charge in [-0.2, -0.15) is 10.2 Å². The van der Waals surface area contributed by atoms with Crippen molar-refractivity contribution in [3.05, 3.63) is 33.9 Å². The maximum atomic E-state index is 11.7. The summed E-state index contributed by atoms with van der Waals surface area (Å²) in [6.45, 7) is 5.30. The van der Waals surface area contributed by atoms with Gasteiger partial charge in [-0.15, -0.1) is 0 Å². The summed E-state index contributed by atoms with van der Waals surface area (Å²) in [4.78, 5) is 14.0. The van der Waals surface area contributed by atoms with Crippen LogP contribution in [0.1, 0.15) is 40.8 Å². The van der Waals surface area contributed by atoms with E-state index in [1.807, 2.05) is 17.8 Å². The van der Waals surface area contributed by atoms with Gasteiger partial charge in [0.15, 0.2) is 5.69 Å². The minimum Gasteiger partial charge on any atom is -0.464 e. The molecule has 0 bridgehead atoms. The van der Waals surface area contributed by atoms with E-state index in [9.17, 15) is 4.79 Å². The second kappa shape index (κ2) is 6.94. The molecular weight excluding hydrogens is 330 g/mol. The minimum absolute atomic E-state index is 0.364. The average Bonchev–Trinajstić information content (AvgIpc) is 3.03. The van der Waals surface area contributed by atoms with Crippen LogP contribution in [0.25, 0.3) is 0 Å². The van der Waals surface area contributed by atoms with Crippen LogP contribution in [0.15, 0.2) is 6.07 Å². The Labute approximate surface area is 146 Å². The molecule has 0 aliphatic carbocycles. The Bertz CT molecular complexity index is 752. The molecule has 2 aromatic rings. The molecule has 0 unspecified atom stereocenters. The number of carbonyl (C=O) groups excluding carboxylic acids is 1. The molecule has 130 valence electrons. The van der Waals surface area contributed by atoms with Crippen LogP contribution < -0.4 is 0 Å². The number of rotatable bonds is 4. The summed E-state index contributed by atoms with van der Waals surface area (Å²) in [5.74, 6) is -0.398. The Balaban J connectivity index is 1.81. The van der Waals surface area contributed by atoms with Crippen molar-refractivity contribution in [1.82, 2.24) is 24.5 Å². The molecule has 0 amide bonds. The zero-order valence-corrected chi connectivity index (χ0v) is 15.0. The van der Waals surface area contributed by atoms with E-state index in [0.29, 0.717) is 10.8 Å². The van der Waals surface area contributed by atoms with E-state index in [4.69, 9.17) is 16.3 Å². The number of hydrogen-bond donors (Lipinski definition) is 0. The molecule has 0 spiro atoms. The van der Waals surface area contributed by atoms with Crippen LogP contribution in [-0.4, -0.2) is 44.1 Å². The number of carbonyl (C=O) groups is 1. The van der Waals surface area contributed by atoms with Crippen LogP contribution >= 0.6 is 11.6 Å². The van der Waals surface area contributed by atoms with Gasteiger partial charge in [-0.25, -0.2) is 4.79 Å². The van der Waals surface area contributed by atoms with E-state index in [-0.39, 0.29) is 0 Å². The summed E-state index contributed by atoms with van der Waals surface area (Å²) in [7, 11) is 3.24. The number of aryl methyl sites for hydroxylation is 3. The normalized spacial score (nSPS) is 15.2. The number of hydrogen-bond acceptors (Lipinski definition) is 5. The lowest BCUT2D eigenvalue weighted by atomic mass is 10.2. The lowest BCUT2D eigenvalue weighted by Crippen LogP contribution is -2.23. The lowest BCUT2D eigenvalue weighted by molar-refractivity contribution is 0.0593. The van der Waals surface area contributed by atoms with Gasteiger partial charge in [0.2, 0.25) is 0 Å². The van der Waals surface area contributed by atoms with Crippen molar-refractivity contribution in [1.29, 1.82) is 0 Å². The molecule has 24 heavy (non-hydrogen) atoms. The predicted molar refractivity (Wildman–Crippen MR) is 89.9 cm³/mol. The van der Waals surface area contributed by atoms with Crippen molar-refractivity contribution in [3.63, 3.8) is 0 Å². The van der Waals surface area contributed by atoms with Crippen molar-refractivity contribution in [2.24, 2.45) is 7.05 Å². The zero-order valence-electron chi connectivity index (χ0n) is 14.3. The van der Waals surface area contributed by atoms with Crippen molar-refractivity contribution in [2.45, 2.75) is 39.4 Å². The summed E-state index contributed by atoms with van der Waals surface area (Å²) in [6, 6.07) is 1.82. The molecule has 8 heteroatoms. The monoisotopic (exact) mass is 351 g/mol. The van der Waals surface area contributed by atoms with Crippen LogP contribution in [0.3, 0.4) is 0 Å². The van der Waals surface area contributed by atoms with Crippen LogP contribution in [0.2, 0.25) is 5.15 Å². The maximum Gasteiger partial charge on any atom is 0.358 e. The van der Waals surface area contributed by atoms with Gasteiger partial charge in [0.1, 0.15) is 5.15 Å². The molecule has 0 atom stereocenters. The van der Waals surface area contributed by atoms with E-state index in [2.05, 4.69) is 22.0 Å². The van der Waals surface area contributed by atoms with E-state index < -0.39 is 5.97 Å². The molecule has 3 heterocycles. The summed E-state index contributed by atoms with van der Waals surface area (Å²) in [6.07, 6.45) is 1.82. The van der Waals surface area contributed by atoms with Crippen molar-refractivity contribution >= 4 is 17.6 Å². The lowest BCUT2D eigenvalue weighted by Gasteiger charge is -2.19. The van der Waals surface area contributed by atoms with E-state index >= 15 is 0 Å². The van der Waals surface area contributed by atoms with Crippen molar-refractivity contribution in [2.75, 3.05) is 13.7 Å². The highest BCUT2D eigenvalue weighted by atomic mass is 35.5. The fourth-order valence-corrected chi connectivity index (χ4v) is 3.34. The SMILES string of the molecule is CCc1nn(C)c(Cl)c1CN1CCCn2nc(C(=O)OC)cc2C1. The summed E-state index contributed by atoms with van der Waals surface area (Å²) < 4.78 is 8.39. The van der Waals surface area contributed by atoms with E-state index in [1.165, 1.54) is 7.11 Å². The highest BCUT2D eigenvalue weighted by Gasteiger charge is 2.22. The van der Waals surface area contributed by atoms with Crippen LogP contribution in [-0.2, 0) is 37.8 Å². The quantitative estimate of drug-likeness (QED) is 0.788. The third-order valence-electron chi connectivity index (χ3n) is 4.36. The summed E-state index contributed by atoms with van der Waals surface area (Å²) in [5, 5.41) is 9.53. The van der Waals surface area contributed by atoms with Crippen molar-refractivity contribution in [3.8, 4) is 0 Å². The predicted octanol–water partition coefficient (Wildman–Crippen LogP) is 2.02. The number of fused-ring (bicyclic) bond motifs is 1. The number of ether oxygens (including phenoxy) is 1. The standard InChI is InChI=1S/C16H22ClN5O2/c1-4-13-12(15(17)20(2)18-13)10-21-6-5-7-22-11(9-21)8-14(19-22)16(23)24-3/h8H,4-7,9-10H2,1-3H3. The third kappa shape index (κ3) is 3.18. The van der Waals surface area contributed by atoms with Crippen LogP contribution in [0.4, 0.5) is 0 Å². The first-order valence-corrected chi connectivity index (χ1v) is 8.49. The molecule has 0 fully saturated rings. The Morgan fingerprint density at radius 3 is 2.88 bits per heavy atom. The number of aromatic nitrogens is 4. The topological polar surface area (TPSA) is 65.2 Å². The van der Waals surface area contributed by atoms with Gasteiger partial charge in [-0.1, -0.05) is 18.5 Å². The molecule has 0 radical (unpaired) electrons. The first-order valence-electron chi connectivity index (χ1n) is 8.11. The largest absolute Gasteiger partial charge is 0.464 e. The molecule has 0 aromatic carbocycles. The van der Waals surface area contributed by atoms with Gasteiger partial charge in [-0.05, 0) is 18.9 Å². The molecule has 3 rings (SSSR count). The van der Waals surface area contributed by atoms with Gasteiger partial charge in [-0.3, -0.25) is 14.3 Å². The molecule has 0 saturated carbocycles. The maximum absolute atomic E-state index is 11.7. The molecule has 1 aliphatic rings. The Morgan fingerprint density at radius 2 is 2.17 bits per heavy atom. The first-order chi connectivity index (χ1) is 11.5. The third-order valence-corrected chi connectivity index (χ3v) is 4.83. The number of esters is 1. The zero-order chi connectivity index (χ0) is 17.3. The van der Waals surface area contributed by atoms with Crippen molar-refractivity contribution < 1.29 is 9.53 Å². The van der Waals surface area contributed by atoms with Gasteiger partial charge >= 0.3 is 5.97 Å². The number of halogens is 1. The molecule has 2 aromatic heterocycles. The highest BCUT2D eigenvalue weighted by molar-refractivity contribution is 6.30. The molecule has 0 N–H and O–H groups in total.